The maximum atomic E-state index is 14.6. The predicted molar refractivity (Wildman–Crippen MR) is 358 cm³/mol. The second-order valence-electron chi connectivity index (χ2n) is 25.0. The van der Waals surface area contributed by atoms with E-state index < -0.39 is 62.7 Å². The van der Waals surface area contributed by atoms with Crippen LogP contribution in [-0.4, -0.2) is 165 Å². The Morgan fingerprint density at radius 1 is 0.839 bits per heavy atom. The summed E-state index contributed by atoms with van der Waals surface area (Å²) in [5.41, 5.74) is 6.17. The van der Waals surface area contributed by atoms with Crippen molar-refractivity contribution in [2.75, 3.05) is 81.7 Å². The van der Waals surface area contributed by atoms with Crippen molar-refractivity contribution in [3.63, 3.8) is 0 Å². The number of methoxy groups -OCH3 is 1. The molecule has 5 N–H and O–H groups in total. The lowest BCUT2D eigenvalue weighted by atomic mass is 9.79. The molecule has 27 heteroatoms. The molecular formula is C66H80N9O14S4+. The van der Waals surface area contributed by atoms with E-state index in [1.807, 2.05) is 73.3 Å². The lowest BCUT2D eigenvalue weighted by Gasteiger charge is -2.26. The van der Waals surface area contributed by atoms with E-state index in [1.165, 1.54) is 23.5 Å². The quantitative estimate of drug-likeness (QED) is 0.0192. The van der Waals surface area contributed by atoms with Crippen molar-refractivity contribution >= 4 is 96.8 Å². The molecule has 2 aromatic heterocycles. The van der Waals surface area contributed by atoms with E-state index in [1.54, 1.807) is 85.0 Å². The summed E-state index contributed by atoms with van der Waals surface area (Å²) in [6.07, 6.45) is 14.1. The van der Waals surface area contributed by atoms with Gasteiger partial charge >= 0.3 is 6.03 Å². The number of aromatic nitrogens is 2. The Morgan fingerprint density at radius 3 is 2.32 bits per heavy atom. The monoisotopic (exact) mass is 1350 g/mol. The Bertz CT molecular complexity index is 4530. The maximum absolute atomic E-state index is 14.6. The SMILES string of the molecule is COc1ccc([C@H](C)N2CCN(CCCc3nc4c(cc3CNC(=O)CCCN(C)S(=O)(=O)c3cccc5c6c(ccc35)[N+](CCCS(=O)(=O)O)=C(C=CC=CC=C3N(CCS(=O)(=O)O)c5ccc7ccc(S(=O)(=O)O)cc7c5C3(C)C)C6(C)C)CCCN4)C2=O)cn1. The molecule has 4 aromatic carbocycles. The van der Waals surface area contributed by atoms with Gasteiger partial charge in [0.2, 0.25) is 27.5 Å². The van der Waals surface area contributed by atoms with Crippen LogP contribution in [0.5, 0.6) is 5.88 Å². The van der Waals surface area contributed by atoms with Crippen molar-refractivity contribution < 1.29 is 66.2 Å². The summed E-state index contributed by atoms with van der Waals surface area (Å²) >= 11 is 0. The third-order valence-corrected chi connectivity index (χ3v) is 22.4. The van der Waals surface area contributed by atoms with Gasteiger partial charge in [0.15, 0.2) is 5.71 Å². The number of benzene rings is 4. The molecule has 0 saturated carbocycles. The molecular weight excluding hydrogens is 1270 g/mol. The summed E-state index contributed by atoms with van der Waals surface area (Å²) < 4.78 is 140. The molecule has 93 heavy (non-hydrogen) atoms. The molecule has 3 amide bonds. The molecule has 0 unspecified atom stereocenters. The van der Waals surface area contributed by atoms with E-state index in [2.05, 4.69) is 21.7 Å². The number of hydrogen-bond donors (Lipinski definition) is 5. The van der Waals surface area contributed by atoms with E-state index in [9.17, 15) is 56.9 Å². The number of hydrogen-bond acceptors (Lipinski definition) is 15. The van der Waals surface area contributed by atoms with E-state index in [0.717, 1.165) is 58.9 Å². The predicted octanol–water partition coefficient (Wildman–Crippen LogP) is 8.88. The molecule has 0 radical (unpaired) electrons. The molecule has 1 atom stereocenters. The number of amides is 3. The highest BCUT2D eigenvalue weighted by atomic mass is 32.2. The number of carbonyl (C=O) groups is 2. The van der Waals surface area contributed by atoms with Crippen molar-refractivity contribution in [2.45, 2.75) is 113 Å². The summed E-state index contributed by atoms with van der Waals surface area (Å²) in [7, 11) is -14.4. The number of allylic oxidation sites excluding steroid dienone is 6. The molecule has 4 aliphatic rings. The smallest absolute Gasteiger partial charge is 0.320 e. The Morgan fingerprint density at radius 2 is 1.60 bits per heavy atom. The number of urea groups is 1. The van der Waals surface area contributed by atoms with Crippen LogP contribution in [0, 0.1) is 0 Å². The minimum absolute atomic E-state index is 0.0354. The minimum atomic E-state index is -4.57. The number of pyridine rings is 2. The van der Waals surface area contributed by atoms with E-state index in [-0.39, 0.29) is 73.2 Å². The Kier molecular flexibility index (Phi) is 19.8. The number of rotatable bonds is 26. The number of fused-ring (bicyclic) bond motifs is 7. The van der Waals surface area contributed by atoms with Gasteiger partial charge in [-0.05, 0) is 134 Å². The number of sulfonamides is 1. The average molecular weight is 1350 g/mol. The summed E-state index contributed by atoms with van der Waals surface area (Å²) in [4.78, 5) is 41.6. The maximum Gasteiger partial charge on any atom is 0.320 e. The number of aryl methyl sites for hydroxylation is 2. The fraction of sp³-hybridized carbons (Fsp3) is 0.409. The number of nitrogens with zero attached hydrogens (tertiary/aromatic N) is 7. The minimum Gasteiger partial charge on any atom is -0.481 e. The lowest BCUT2D eigenvalue weighted by molar-refractivity contribution is -0.437. The van der Waals surface area contributed by atoms with Crippen molar-refractivity contribution in [3.05, 3.63) is 155 Å². The molecule has 0 aliphatic carbocycles. The van der Waals surface area contributed by atoms with Crippen molar-refractivity contribution in [1.82, 2.24) is 29.4 Å². The van der Waals surface area contributed by atoms with Crippen LogP contribution < -0.4 is 20.3 Å². The lowest BCUT2D eigenvalue weighted by Crippen LogP contribution is -2.34. The third kappa shape index (κ3) is 14.7. The fourth-order valence-electron chi connectivity index (χ4n) is 13.4. The van der Waals surface area contributed by atoms with Crippen molar-refractivity contribution in [2.24, 2.45) is 0 Å². The van der Waals surface area contributed by atoms with Crippen LogP contribution in [0.25, 0.3) is 21.5 Å². The zero-order valence-corrected chi connectivity index (χ0v) is 56.4. The van der Waals surface area contributed by atoms with E-state index in [0.29, 0.717) is 82.5 Å². The Labute approximate surface area is 544 Å². The normalized spacial score (nSPS) is 17.3. The molecule has 23 nitrogen and oxygen atoms in total. The van der Waals surface area contributed by atoms with Gasteiger partial charge in [-0.3, -0.25) is 18.5 Å². The molecule has 6 aromatic rings. The molecule has 496 valence electrons. The Balaban J connectivity index is 0.820. The molecule has 1 fully saturated rings. The topological polar surface area (TPSA) is 306 Å². The molecule has 0 spiro atoms. The van der Waals surface area contributed by atoms with Crippen molar-refractivity contribution in [3.8, 4) is 5.88 Å². The third-order valence-electron chi connectivity index (χ3n) is 18.2. The van der Waals surface area contributed by atoms with Gasteiger partial charge in [-0.25, -0.2) is 27.5 Å². The number of anilines is 2. The first-order chi connectivity index (χ1) is 43.9. The second kappa shape index (κ2) is 27.0. The average Bonchev–Trinajstić information content (AvgIpc) is 1.60. The molecule has 4 aliphatic heterocycles. The van der Waals surface area contributed by atoms with Gasteiger partial charge in [-0.1, -0.05) is 62.4 Å². The second-order valence-corrected chi connectivity index (χ2v) is 31.6. The largest absolute Gasteiger partial charge is 0.481 e. The van der Waals surface area contributed by atoms with Crippen LogP contribution in [0.2, 0.25) is 0 Å². The fourth-order valence-corrected chi connectivity index (χ4v) is 16.2. The van der Waals surface area contributed by atoms with Crippen LogP contribution in [0.1, 0.15) is 106 Å². The first-order valence-corrected chi connectivity index (χ1v) is 37.0. The highest BCUT2D eigenvalue weighted by Crippen LogP contribution is 2.51. The van der Waals surface area contributed by atoms with Crippen LogP contribution in [-0.2, 0) is 75.4 Å². The van der Waals surface area contributed by atoms with Crippen LogP contribution in [0.3, 0.4) is 0 Å². The molecule has 6 heterocycles. The van der Waals surface area contributed by atoms with Gasteiger partial charge < -0.3 is 30.1 Å². The summed E-state index contributed by atoms with van der Waals surface area (Å²) in [5.74, 6) is -0.0224. The van der Waals surface area contributed by atoms with Crippen LogP contribution >= 0.6 is 0 Å². The highest BCUT2D eigenvalue weighted by Gasteiger charge is 2.46. The number of nitrogens with one attached hydrogen (secondary N) is 2. The highest BCUT2D eigenvalue weighted by molar-refractivity contribution is 7.89. The van der Waals surface area contributed by atoms with Gasteiger partial charge in [0, 0.05) is 124 Å². The zero-order chi connectivity index (χ0) is 67.0. The summed E-state index contributed by atoms with van der Waals surface area (Å²) in [6, 6.07) is 22.1. The summed E-state index contributed by atoms with van der Waals surface area (Å²) in [6.45, 7) is 12.6. The van der Waals surface area contributed by atoms with E-state index >= 15 is 0 Å². The first-order valence-electron chi connectivity index (χ1n) is 30.9. The van der Waals surface area contributed by atoms with Crippen molar-refractivity contribution in [1.29, 1.82) is 0 Å². The van der Waals surface area contributed by atoms with Crippen LogP contribution in [0.15, 0.2) is 131 Å². The van der Waals surface area contributed by atoms with Gasteiger partial charge in [-0.15, -0.1) is 0 Å². The molecule has 1 saturated heterocycles. The summed E-state index contributed by atoms with van der Waals surface area (Å²) in [5, 5.41) is 8.78. The standard InChI is InChI=1S/C66H79N9O14S4/c1-44(47-25-30-60(89-7)69-42-47)73-36-35-72(64(73)77)33-13-18-53-48(40-46-16-12-31-67-63(46)70-53)43-68-59(76)22-14-32-71(6)92(84,85)56-19-11-17-51-50(56)27-29-55-61(51)65(2,3)57(74(55)34-15-38-90(78,79)80)20-9-8-10-21-58-66(4,5)62-52-41-49(93(86,87)88)26-23-45(52)24-28-54(62)75(58)37-39-91(81,82)83/h8-11,17,19-21,23-30,40-42,44H,12-16,18,22,31-39,43H2,1-7H3,(H4-,67,68,70,76,78,79,80,81,82,83,86,87,88)/p+1/t44-/m0/s1. The molecule has 0 bridgehead atoms. The van der Waals surface area contributed by atoms with Gasteiger partial charge in [0.1, 0.15) is 12.4 Å². The van der Waals surface area contributed by atoms with E-state index in [4.69, 9.17) is 9.72 Å². The van der Waals surface area contributed by atoms with Gasteiger partial charge in [0.05, 0.1) is 39.9 Å². The number of ether oxygens (including phenoxy) is 1. The zero-order valence-electron chi connectivity index (χ0n) is 53.2. The number of carbonyl (C=O) groups excluding carboxylic acids is 2. The Hall–Kier alpha value is -7.63. The first kappa shape index (κ1) is 68.2. The van der Waals surface area contributed by atoms with Crippen LogP contribution in [0.4, 0.5) is 22.0 Å². The van der Waals surface area contributed by atoms with Gasteiger partial charge in [0.25, 0.3) is 30.4 Å². The molecule has 10 rings (SSSR count). The van der Waals surface area contributed by atoms with Gasteiger partial charge in [-0.2, -0.15) is 29.8 Å².